The predicted octanol–water partition coefficient (Wildman–Crippen LogP) is 3.55. The molecule has 3 rings (SSSR count). The number of hydrogen-bond acceptors (Lipinski definition) is 6. The molecule has 0 atom stereocenters. The van der Waals surface area contributed by atoms with Gasteiger partial charge in [0, 0.05) is 24.5 Å². The molecule has 0 saturated heterocycles. The van der Waals surface area contributed by atoms with Gasteiger partial charge in [0.05, 0.1) is 19.1 Å². The van der Waals surface area contributed by atoms with Crippen LogP contribution in [0, 0.1) is 0 Å². The maximum absolute atomic E-state index is 12.6. The number of rotatable bonds is 9. The molecule has 0 bridgehead atoms. The summed E-state index contributed by atoms with van der Waals surface area (Å²) >= 11 is 0. The second kappa shape index (κ2) is 10.1. The topological polar surface area (TPSA) is 94.2 Å². The monoisotopic (exact) mass is 456 g/mol. The number of carbonyl (C=O) groups is 1. The number of benzene rings is 3. The van der Waals surface area contributed by atoms with Gasteiger partial charge in [0.2, 0.25) is 0 Å². The van der Waals surface area contributed by atoms with E-state index in [0.717, 1.165) is 0 Å². The number of nitrogens with one attached hydrogen (secondary N) is 1. The van der Waals surface area contributed by atoms with Gasteiger partial charge < -0.3 is 19.1 Å². The summed E-state index contributed by atoms with van der Waals surface area (Å²) in [6.45, 7) is -0.204. The van der Waals surface area contributed by atoms with Crippen LogP contribution in [0.4, 0.5) is 11.4 Å². The number of hydrogen-bond donors (Lipinski definition) is 1. The lowest BCUT2D eigenvalue weighted by molar-refractivity contribution is -0.120. The van der Waals surface area contributed by atoms with Crippen molar-refractivity contribution in [2.24, 2.45) is 0 Å². The molecule has 32 heavy (non-hydrogen) atoms. The molecule has 0 aliphatic rings. The molecule has 0 aliphatic heterocycles. The van der Waals surface area contributed by atoms with E-state index in [-0.39, 0.29) is 17.4 Å². The Morgan fingerprint density at radius 3 is 2.12 bits per heavy atom. The molecule has 1 amide bonds. The van der Waals surface area contributed by atoms with Gasteiger partial charge in [0.1, 0.15) is 17.2 Å². The van der Waals surface area contributed by atoms with Crippen LogP contribution in [0.1, 0.15) is 0 Å². The van der Waals surface area contributed by atoms with Crippen molar-refractivity contribution in [3.63, 3.8) is 0 Å². The summed E-state index contributed by atoms with van der Waals surface area (Å²) in [6.07, 6.45) is 0. The summed E-state index contributed by atoms with van der Waals surface area (Å²) in [7, 11) is 0.960. The van der Waals surface area contributed by atoms with E-state index in [9.17, 15) is 13.2 Å². The fourth-order valence-corrected chi connectivity index (χ4v) is 3.85. The van der Waals surface area contributed by atoms with Gasteiger partial charge in [-0.25, -0.2) is 8.42 Å². The second-order valence-corrected chi connectivity index (χ2v) is 8.43. The van der Waals surface area contributed by atoms with Gasteiger partial charge in [-0.05, 0) is 60.7 Å². The van der Waals surface area contributed by atoms with Crippen molar-refractivity contribution >= 4 is 27.3 Å². The largest absolute Gasteiger partial charge is 0.497 e. The summed E-state index contributed by atoms with van der Waals surface area (Å²) in [5, 5.41) is 0. The van der Waals surface area contributed by atoms with Gasteiger partial charge in [0.25, 0.3) is 15.9 Å². The summed E-state index contributed by atoms with van der Waals surface area (Å²) in [6, 6.07) is 19.5. The molecule has 168 valence electrons. The first kappa shape index (κ1) is 23.0. The summed E-state index contributed by atoms with van der Waals surface area (Å²) in [4.78, 5) is 14.0. The lowest BCUT2D eigenvalue weighted by Gasteiger charge is -2.18. The van der Waals surface area contributed by atoms with Crippen molar-refractivity contribution in [3.8, 4) is 17.2 Å². The Morgan fingerprint density at radius 2 is 1.50 bits per heavy atom. The molecule has 0 spiro atoms. The number of nitrogens with zero attached hydrogens (tertiary/aromatic N) is 1. The van der Waals surface area contributed by atoms with Crippen molar-refractivity contribution in [2.75, 3.05) is 37.5 Å². The van der Waals surface area contributed by atoms with Crippen LogP contribution in [-0.4, -0.2) is 42.2 Å². The Hall–Kier alpha value is -3.72. The number of methoxy groups -OCH3 is 2. The normalized spacial score (nSPS) is 10.8. The van der Waals surface area contributed by atoms with Crippen LogP contribution in [0.3, 0.4) is 0 Å². The second-order valence-electron chi connectivity index (χ2n) is 6.75. The van der Waals surface area contributed by atoms with Crippen LogP contribution in [-0.2, 0) is 14.8 Å². The molecule has 3 aromatic rings. The van der Waals surface area contributed by atoms with Gasteiger partial charge in [-0.3, -0.25) is 9.52 Å². The number of sulfonamides is 1. The average molecular weight is 457 g/mol. The van der Waals surface area contributed by atoms with Crippen molar-refractivity contribution < 1.29 is 27.4 Å². The van der Waals surface area contributed by atoms with Crippen molar-refractivity contribution in [1.29, 1.82) is 0 Å². The Morgan fingerprint density at radius 1 is 0.875 bits per heavy atom. The fourth-order valence-electron chi connectivity index (χ4n) is 2.79. The van der Waals surface area contributed by atoms with E-state index in [2.05, 4.69) is 4.72 Å². The van der Waals surface area contributed by atoms with E-state index >= 15 is 0 Å². The van der Waals surface area contributed by atoms with Gasteiger partial charge in [-0.2, -0.15) is 0 Å². The molecule has 0 unspecified atom stereocenters. The molecule has 3 aromatic carbocycles. The first-order chi connectivity index (χ1) is 15.3. The number of anilines is 2. The maximum Gasteiger partial charge on any atom is 0.264 e. The summed E-state index contributed by atoms with van der Waals surface area (Å²) in [5.41, 5.74) is 1.08. The van der Waals surface area contributed by atoms with Crippen LogP contribution < -0.4 is 23.8 Å². The molecule has 0 saturated carbocycles. The van der Waals surface area contributed by atoms with Gasteiger partial charge in [0.15, 0.2) is 6.61 Å². The third-order valence-corrected chi connectivity index (χ3v) is 6.05. The van der Waals surface area contributed by atoms with Crippen LogP contribution in [0.5, 0.6) is 17.2 Å². The lowest BCUT2D eigenvalue weighted by Crippen LogP contribution is -2.31. The standard InChI is InChI=1S/C23H24N2O6S/c1-25(18-5-4-6-21(15-18)30-3)23(26)16-31-20-11-13-22(14-12-20)32(27,28)24-17-7-9-19(29-2)10-8-17/h4-15,24H,16H2,1-3H3. The SMILES string of the molecule is COc1ccc(NS(=O)(=O)c2ccc(OCC(=O)N(C)c3cccc(OC)c3)cc2)cc1. The molecular weight excluding hydrogens is 432 g/mol. The van der Waals surface area contributed by atoms with Crippen LogP contribution in [0.25, 0.3) is 0 Å². The highest BCUT2D eigenvalue weighted by Gasteiger charge is 2.16. The van der Waals surface area contributed by atoms with Gasteiger partial charge in [-0.15, -0.1) is 0 Å². The van der Waals surface area contributed by atoms with E-state index < -0.39 is 10.0 Å². The Bertz CT molecular complexity index is 1160. The van der Waals surface area contributed by atoms with Crippen LogP contribution in [0.2, 0.25) is 0 Å². The first-order valence-electron chi connectivity index (χ1n) is 9.63. The van der Waals surface area contributed by atoms with Crippen molar-refractivity contribution in [1.82, 2.24) is 0 Å². The molecule has 0 fully saturated rings. The summed E-state index contributed by atoms with van der Waals surface area (Å²) < 4.78 is 43.4. The van der Waals surface area contributed by atoms with E-state index in [1.54, 1.807) is 62.7 Å². The zero-order valence-electron chi connectivity index (χ0n) is 17.9. The average Bonchev–Trinajstić information content (AvgIpc) is 2.82. The molecule has 9 heteroatoms. The van der Waals surface area contributed by atoms with E-state index in [1.165, 1.54) is 36.3 Å². The van der Waals surface area contributed by atoms with E-state index in [4.69, 9.17) is 14.2 Å². The summed E-state index contributed by atoms with van der Waals surface area (Å²) in [5.74, 6) is 1.38. The number of ether oxygens (including phenoxy) is 3. The zero-order valence-corrected chi connectivity index (χ0v) is 18.8. The maximum atomic E-state index is 12.6. The highest BCUT2D eigenvalue weighted by atomic mass is 32.2. The first-order valence-corrected chi connectivity index (χ1v) is 11.1. The Balaban J connectivity index is 1.60. The zero-order chi connectivity index (χ0) is 23.1. The molecule has 1 N–H and O–H groups in total. The minimum Gasteiger partial charge on any atom is -0.497 e. The predicted molar refractivity (Wildman–Crippen MR) is 122 cm³/mol. The smallest absolute Gasteiger partial charge is 0.264 e. The highest BCUT2D eigenvalue weighted by molar-refractivity contribution is 7.92. The molecule has 0 aliphatic carbocycles. The molecule has 8 nitrogen and oxygen atoms in total. The Labute approximate surface area is 187 Å². The lowest BCUT2D eigenvalue weighted by atomic mass is 10.3. The fraction of sp³-hybridized carbons (Fsp3) is 0.174. The third-order valence-electron chi connectivity index (χ3n) is 4.65. The third kappa shape index (κ3) is 5.70. The minimum absolute atomic E-state index is 0.0699. The van der Waals surface area contributed by atoms with Crippen LogP contribution in [0.15, 0.2) is 77.7 Å². The Kier molecular flexibility index (Phi) is 7.21. The molecule has 0 heterocycles. The molecule has 0 aromatic heterocycles. The van der Waals surface area contributed by atoms with Gasteiger partial charge in [-0.1, -0.05) is 6.07 Å². The molecule has 0 radical (unpaired) electrons. The number of carbonyl (C=O) groups excluding carboxylic acids is 1. The highest BCUT2D eigenvalue weighted by Crippen LogP contribution is 2.22. The van der Waals surface area contributed by atoms with Crippen molar-refractivity contribution in [2.45, 2.75) is 4.90 Å². The van der Waals surface area contributed by atoms with Crippen LogP contribution >= 0.6 is 0 Å². The quantitative estimate of drug-likeness (QED) is 0.529. The van der Waals surface area contributed by atoms with Crippen molar-refractivity contribution in [3.05, 3.63) is 72.8 Å². The van der Waals surface area contributed by atoms with Gasteiger partial charge >= 0.3 is 0 Å². The van der Waals surface area contributed by atoms with E-state index in [0.29, 0.717) is 28.6 Å². The number of amides is 1. The van der Waals surface area contributed by atoms with E-state index in [1.807, 2.05) is 0 Å². The minimum atomic E-state index is -3.77. The number of likely N-dealkylation sites (N-methyl/N-ethyl adjacent to an activating group) is 1. The molecular formula is C23H24N2O6S.